The van der Waals surface area contributed by atoms with Crippen molar-refractivity contribution in [2.75, 3.05) is 0 Å². The molecule has 0 N–H and O–H groups in total. The molecule has 0 spiro atoms. The quantitative estimate of drug-likeness (QED) is 0.618. The minimum atomic E-state index is 0.0600. The lowest BCUT2D eigenvalue weighted by Gasteiger charge is -2.23. The van der Waals surface area contributed by atoms with Crippen molar-refractivity contribution in [2.45, 2.75) is 39.5 Å². The molecule has 0 aliphatic heterocycles. The van der Waals surface area contributed by atoms with Crippen LogP contribution in [0.1, 0.15) is 39.5 Å². The van der Waals surface area contributed by atoms with Crippen LogP contribution < -0.4 is 0 Å². The lowest BCUT2D eigenvalue weighted by Crippen LogP contribution is -2.13. The number of hydrogen-bond acceptors (Lipinski definition) is 2. The van der Waals surface area contributed by atoms with Gasteiger partial charge in [-0.2, -0.15) is 10.5 Å². The van der Waals surface area contributed by atoms with Crippen molar-refractivity contribution in [1.29, 1.82) is 10.5 Å². The van der Waals surface area contributed by atoms with Crippen molar-refractivity contribution in [2.24, 2.45) is 5.41 Å². The lowest BCUT2D eigenvalue weighted by atomic mass is 9.80. The molecular formula is C9H14N2. The molecule has 0 rings (SSSR count). The molecule has 0 heterocycles. The van der Waals surface area contributed by atoms with Crippen LogP contribution in [0.2, 0.25) is 0 Å². The van der Waals surface area contributed by atoms with Gasteiger partial charge in [0.1, 0.15) is 0 Å². The number of hydrogen-bond donors (Lipinski definition) is 0. The molecule has 2 heteroatoms. The molecule has 0 aliphatic rings. The van der Waals surface area contributed by atoms with Crippen molar-refractivity contribution in [3.05, 3.63) is 0 Å². The first-order valence-corrected chi connectivity index (χ1v) is 3.92. The molecule has 2 nitrogen and oxygen atoms in total. The maximum atomic E-state index is 8.50. The van der Waals surface area contributed by atoms with E-state index in [-0.39, 0.29) is 5.41 Å². The third kappa shape index (κ3) is 3.63. The van der Waals surface area contributed by atoms with Crippen molar-refractivity contribution in [3.8, 4) is 12.1 Å². The maximum Gasteiger partial charge on any atom is 0.0627 e. The molecule has 0 fully saturated rings. The second kappa shape index (κ2) is 4.74. The molecule has 0 amide bonds. The highest BCUT2D eigenvalue weighted by molar-refractivity contribution is 4.87. The Balaban J connectivity index is 3.92. The monoisotopic (exact) mass is 150 g/mol. The topological polar surface area (TPSA) is 47.6 Å². The van der Waals surface area contributed by atoms with Crippen LogP contribution in [-0.2, 0) is 0 Å². The fourth-order valence-corrected chi connectivity index (χ4v) is 0.939. The smallest absolute Gasteiger partial charge is 0.0627 e. The van der Waals surface area contributed by atoms with Gasteiger partial charge in [-0.25, -0.2) is 0 Å². The fourth-order valence-electron chi connectivity index (χ4n) is 0.939. The van der Waals surface area contributed by atoms with Crippen molar-refractivity contribution < 1.29 is 0 Å². The Labute approximate surface area is 68.4 Å². The van der Waals surface area contributed by atoms with Crippen LogP contribution in [0, 0.1) is 28.1 Å². The van der Waals surface area contributed by atoms with Crippen LogP contribution in [0.4, 0.5) is 0 Å². The Bertz CT molecular complexity index is 185. The zero-order valence-corrected chi connectivity index (χ0v) is 7.22. The maximum absolute atomic E-state index is 8.50. The van der Waals surface area contributed by atoms with Gasteiger partial charge >= 0.3 is 0 Å². The zero-order chi connectivity index (χ0) is 8.74. The van der Waals surface area contributed by atoms with E-state index >= 15 is 0 Å². The van der Waals surface area contributed by atoms with E-state index in [0.717, 1.165) is 12.8 Å². The Hall–Kier alpha value is -1.02. The summed E-state index contributed by atoms with van der Waals surface area (Å²) in [6.07, 6.45) is 2.94. The van der Waals surface area contributed by atoms with Crippen LogP contribution in [0.25, 0.3) is 0 Å². The highest BCUT2D eigenvalue weighted by Gasteiger charge is 2.20. The summed E-state index contributed by atoms with van der Waals surface area (Å²) in [5, 5.41) is 16.9. The normalized spacial score (nSPS) is 14.5. The third-order valence-electron chi connectivity index (χ3n) is 2.20. The van der Waals surface area contributed by atoms with E-state index in [1.54, 1.807) is 0 Å². The van der Waals surface area contributed by atoms with Gasteiger partial charge in [0.2, 0.25) is 0 Å². The van der Waals surface area contributed by atoms with Gasteiger partial charge in [0.25, 0.3) is 0 Å². The predicted octanol–water partition coefficient (Wildman–Crippen LogP) is 2.62. The van der Waals surface area contributed by atoms with Gasteiger partial charge in [0.05, 0.1) is 12.1 Å². The average molecular weight is 150 g/mol. The molecule has 0 unspecified atom stereocenters. The van der Waals surface area contributed by atoms with E-state index in [1.165, 1.54) is 0 Å². The molecule has 0 saturated carbocycles. The average Bonchev–Trinajstić information content (AvgIpc) is 2.02. The molecule has 1 atom stereocenters. The van der Waals surface area contributed by atoms with E-state index < -0.39 is 0 Å². The van der Waals surface area contributed by atoms with Crippen LogP contribution >= 0.6 is 0 Å². The van der Waals surface area contributed by atoms with Crippen LogP contribution in [0.5, 0.6) is 0 Å². The van der Waals surface area contributed by atoms with Crippen molar-refractivity contribution in [3.63, 3.8) is 0 Å². The molecule has 0 saturated heterocycles. The first-order chi connectivity index (χ1) is 5.18. The summed E-state index contributed by atoms with van der Waals surface area (Å²) in [5.74, 6) is 0. The molecule has 0 bridgehead atoms. The largest absolute Gasteiger partial charge is 0.198 e. The van der Waals surface area contributed by atoms with E-state index in [2.05, 4.69) is 26.0 Å². The predicted molar refractivity (Wildman–Crippen MR) is 43.5 cm³/mol. The molecule has 11 heavy (non-hydrogen) atoms. The first-order valence-electron chi connectivity index (χ1n) is 3.92. The molecule has 0 aliphatic carbocycles. The number of nitriles is 2. The fraction of sp³-hybridized carbons (Fsp3) is 0.778. The van der Waals surface area contributed by atoms with Crippen molar-refractivity contribution in [1.82, 2.24) is 0 Å². The Morgan fingerprint density at radius 3 is 2.27 bits per heavy atom. The molecule has 0 aromatic carbocycles. The molecule has 60 valence electrons. The SMILES string of the molecule is CC[C@](C)(CC#N)CCC#N. The second-order valence-corrected chi connectivity index (χ2v) is 3.16. The molecule has 0 radical (unpaired) electrons. The Morgan fingerprint density at radius 2 is 1.91 bits per heavy atom. The first kappa shape index (κ1) is 9.98. The van der Waals surface area contributed by atoms with Gasteiger partial charge in [-0.3, -0.25) is 0 Å². The standard InChI is InChI=1S/C9H14N2/c1-3-9(2,6-8-11)5-4-7-10/h3-6H2,1-2H3/t9-/m0/s1. The summed E-state index contributed by atoms with van der Waals surface area (Å²) in [6.45, 7) is 4.13. The van der Waals surface area contributed by atoms with E-state index in [4.69, 9.17) is 10.5 Å². The summed E-state index contributed by atoms with van der Waals surface area (Å²) >= 11 is 0. The van der Waals surface area contributed by atoms with Crippen LogP contribution in [0.3, 0.4) is 0 Å². The second-order valence-electron chi connectivity index (χ2n) is 3.16. The van der Waals surface area contributed by atoms with Gasteiger partial charge in [-0.05, 0) is 18.3 Å². The number of rotatable bonds is 4. The summed E-state index contributed by atoms with van der Waals surface area (Å²) in [7, 11) is 0. The van der Waals surface area contributed by atoms with Gasteiger partial charge in [0, 0.05) is 12.8 Å². The minimum absolute atomic E-state index is 0.0600. The summed E-state index contributed by atoms with van der Waals surface area (Å²) in [4.78, 5) is 0. The van der Waals surface area contributed by atoms with Crippen molar-refractivity contribution >= 4 is 0 Å². The molecule has 0 aromatic heterocycles. The Morgan fingerprint density at radius 1 is 1.27 bits per heavy atom. The van der Waals surface area contributed by atoms with Crippen LogP contribution in [0.15, 0.2) is 0 Å². The summed E-state index contributed by atoms with van der Waals surface area (Å²) in [5.41, 5.74) is 0.0600. The summed E-state index contributed by atoms with van der Waals surface area (Å²) < 4.78 is 0. The molecular weight excluding hydrogens is 136 g/mol. The van der Waals surface area contributed by atoms with Crippen LogP contribution in [-0.4, -0.2) is 0 Å². The highest BCUT2D eigenvalue weighted by Crippen LogP contribution is 2.30. The van der Waals surface area contributed by atoms with E-state index in [1.807, 2.05) is 0 Å². The highest BCUT2D eigenvalue weighted by atomic mass is 14.3. The Kier molecular flexibility index (Phi) is 4.30. The lowest BCUT2D eigenvalue weighted by molar-refractivity contribution is 0.296. The van der Waals surface area contributed by atoms with Gasteiger partial charge < -0.3 is 0 Å². The molecule has 0 aromatic rings. The minimum Gasteiger partial charge on any atom is -0.198 e. The van der Waals surface area contributed by atoms with E-state index in [9.17, 15) is 0 Å². The van der Waals surface area contributed by atoms with Gasteiger partial charge in [0.15, 0.2) is 0 Å². The zero-order valence-electron chi connectivity index (χ0n) is 7.22. The van der Waals surface area contributed by atoms with Gasteiger partial charge in [-0.15, -0.1) is 0 Å². The third-order valence-corrected chi connectivity index (χ3v) is 2.20. The van der Waals surface area contributed by atoms with E-state index in [0.29, 0.717) is 12.8 Å². The number of nitrogens with zero attached hydrogens (tertiary/aromatic N) is 2. The van der Waals surface area contributed by atoms with Gasteiger partial charge in [-0.1, -0.05) is 13.8 Å². The summed E-state index contributed by atoms with van der Waals surface area (Å²) in [6, 6.07) is 4.27.